The highest BCUT2D eigenvalue weighted by Gasteiger charge is 2.05. The highest BCUT2D eigenvalue weighted by Crippen LogP contribution is 2.04. The van der Waals surface area contributed by atoms with Gasteiger partial charge in [-0.2, -0.15) is 0 Å². The van der Waals surface area contributed by atoms with Crippen molar-refractivity contribution in [3.05, 3.63) is 35.4 Å². The lowest BCUT2D eigenvalue weighted by molar-refractivity contribution is -0.144. The van der Waals surface area contributed by atoms with Crippen molar-refractivity contribution in [2.75, 3.05) is 13.2 Å². The summed E-state index contributed by atoms with van der Waals surface area (Å²) < 4.78 is 5.13. The molecule has 0 aliphatic carbocycles. The highest BCUT2D eigenvalue weighted by molar-refractivity contribution is 5.69. The molecule has 0 amide bonds. The highest BCUT2D eigenvalue weighted by atomic mass is 16.5. The summed E-state index contributed by atoms with van der Waals surface area (Å²) in [5.74, 6) is 0.252. The molecule has 0 spiro atoms. The molecule has 0 aromatic heterocycles. The molecule has 0 aliphatic heterocycles. The van der Waals surface area contributed by atoms with Crippen molar-refractivity contribution in [3.8, 4) is 0 Å². The zero-order chi connectivity index (χ0) is 14.1. The van der Waals surface area contributed by atoms with Crippen LogP contribution < -0.4 is 5.32 Å². The number of carbonyl (C=O) groups is 1. The number of carbonyl (C=O) groups excluding carboxylic acids is 1. The van der Waals surface area contributed by atoms with Crippen LogP contribution in [0.2, 0.25) is 0 Å². The van der Waals surface area contributed by atoms with Crippen LogP contribution in [0.5, 0.6) is 0 Å². The summed E-state index contributed by atoms with van der Waals surface area (Å²) in [6.45, 7) is 8.13. The van der Waals surface area contributed by atoms with E-state index in [2.05, 4.69) is 36.5 Å². The normalized spacial score (nSPS) is 10.7. The maximum atomic E-state index is 11.3. The lowest BCUT2D eigenvalue weighted by Crippen LogP contribution is -2.21. The lowest BCUT2D eigenvalue weighted by atomic mass is 10.1. The van der Waals surface area contributed by atoms with Gasteiger partial charge < -0.3 is 10.1 Å². The zero-order valence-electron chi connectivity index (χ0n) is 12.2. The van der Waals surface area contributed by atoms with E-state index in [4.69, 9.17) is 4.74 Å². The predicted octanol–water partition coefficient (Wildman–Crippen LogP) is 2.93. The molecule has 0 radical (unpaired) electrons. The Kier molecular flexibility index (Phi) is 7.19. The third kappa shape index (κ3) is 6.97. The Morgan fingerprint density at radius 1 is 1.21 bits per heavy atom. The van der Waals surface area contributed by atoms with Gasteiger partial charge in [-0.15, -0.1) is 0 Å². The van der Waals surface area contributed by atoms with Crippen molar-refractivity contribution in [3.63, 3.8) is 0 Å². The smallest absolute Gasteiger partial charge is 0.306 e. The van der Waals surface area contributed by atoms with Crippen LogP contribution in [-0.4, -0.2) is 19.1 Å². The summed E-state index contributed by atoms with van der Waals surface area (Å²) in [6, 6.07) is 8.58. The van der Waals surface area contributed by atoms with Gasteiger partial charge in [0.1, 0.15) is 6.61 Å². The molecule has 0 aliphatic rings. The van der Waals surface area contributed by atoms with E-state index in [0.29, 0.717) is 25.5 Å². The summed E-state index contributed by atoms with van der Waals surface area (Å²) in [4.78, 5) is 11.3. The molecule has 1 N–H and O–H groups in total. The third-order valence-electron chi connectivity index (χ3n) is 2.88. The SMILES string of the molecule is CCc1ccc(CNCCOC(=O)CC(C)C)cc1. The van der Waals surface area contributed by atoms with Crippen LogP contribution >= 0.6 is 0 Å². The van der Waals surface area contributed by atoms with Crippen LogP contribution in [0.1, 0.15) is 38.3 Å². The first-order valence-electron chi connectivity index (χ1n) is 7.06. The van der Waals surface area contributed by atoms with E-state index in [-0.39, 0.29) is 5.97 Å². The molecule has 0 atom stereocenters. The molecule has 0 heterocycles. The third-order valence-corrected chi connectivity index (χ3v) is 2.88. The minimum atomic E-state index is -0.107. The topological polar surface area (TPSA) is 38.3 Å². The first-order valence-corrected chi connectivity index (χ1v) is 7.06. The second-order valence-electron chi connectivity index (χ2n) is 5.17. The van der Waals surface area contributed by atoms with Gasteiger partial charge in [-0.05, 0) is 23.5 Å². The van der Waals surface area contributed by atoms with E-state index in [1.165, 1.54) is 11.1 Å². The van der Waals surface area contributed by atoms with Gasteiger partial charge in [0.2, 0.25) is 0 Å². The molecule has 0 unspecified atom stereocenters. The van der Waals surface area contributed by atoms with Crippen molar-refractivity contribution >= 4 is 5.97 Å². The maximum Gasteiger partial charge on any atom is 0.306 e. The number of rotatable bonds is 8. The Morgan fingerprint density at radius 3 is 2.42 bits per heavy atom. The lowest BCUT2D eigenvalue weighted by Gasteiger charge is -2.08. The fourth-order valence-electron chi connectivity index (χ4n) is 1.75. The Bertz CT molecular complexity index is 371. The molecule has 3 nitrogen and oxygen atoms in total. The molecular formula is C16H25NO2. The number of hydrogen-bond donors (Lipinski definition) is 1. The number of ether oxygens (including phenoxy) is 1. The van der Waals surface area contributed by atoms with Gasteiger partial charge in [-0.3, -0.25) is 4.79 Å². The number of benzene rings is 1. The van der Waals surface area contributed by atoms with Crippen LogP contribution in [-0.2, 0) is 22.5 Å². The first-order chi connectivity index (χ1) is 9.11. The monoisotopic (exact) mass is 263 g/mol. The number of hydrogen-bond acceptors (Lipinski definition) is 3. The van der Waals surface area contributed by atoms with E-state index in [9.17, 15) is 4.79 Å². The zero-order valence-corrected chi connectivity index (χ0v) is 12.2. The summed E-state index contributed by atoms with van der Waals surface area (Å²) in [5, 5.41) is 3.27. The quantitative estimate of drug-likeness (QED) is 0.579. The molecule has 19 heavy (non-hydrogen) atoms. The van der Waals surface area contributed by atoms with Crippen molar-refractivity contribution < 1.29 is 9.53 Å². The summed E-state index contributed by atoms with van der Waals surface area (Å²) in [7, 11) is 0. The predicted molar refractivity (Wildman–Crippen MR) is 77.9 cm³/mol. The van der Waals surface area contributed by atoms with E-state index >= 15 is 0 Å². The van der Waals surface area contributed by atoms with Gasteiger partial charge in [-0.25, -0.2) is 0 Å². The average molecular weight is 263 g/mol. The summed E-state index contributed by atoms with van der Waals surface area (Å²) >= 11 is 0. The Hall–Kier alpha value is -1.35. The molecule has 1 rings (SSSR count). The van der Waals surface area contributed by atoms with Gasteiger partial charge >= 0.3 is 5.97 Å². The van der Waals surface area contributed by atoms with Gasteiger partial charge in [0, 0.05) is 19.5 Å². The van der Waals surface area contributed by atoms with Crippen LogP contribution in [0.4, 0.5) is 0 Å². The number of aryl methyl sites for hydroxylation is 1. The summed E-state index contributed by atoms with van der Waals surface area (Å²) in [5.41, 5.74) is 2.61. The number of nitrogens with one attached hydrogen (secondary N) is 1. The van der Waals surface area contributed by atoms with Crippen molar-refractivity contribution in [1.29, 1.82) is 0 Å². The largest absolute Gasteiger partial charge is 0.464 e. The van der Waals surface area contributed by atoms with Crippen molar-refractivity contribution in [1.82, 2.24) is 5.32 Å². The summed E-state index contributed by atoms with van der Waals surface area (Å²) in [6.07, 6.45) is 1.57. The van der Waals surface area contributed by atoms with E-state index in [1.54, 1.807) is 0 Å². The van der Waals surface area contributed by atoms with Crippen LogP contribution in [0.25, 0.3) is 0 Å². The molecule has 0 saturated heterocycles. The van der Waals surface area contributed by atoms with Gasteiger partial charge in [0.05, 0.1) is 0 Å². The minimum absolute atomic E-state index is 0.107. The first kappa shape index (κ1) is 15.7. The molecule has 1 aromatic carbocycles. The average Bonchev–Trinajstić information content (AvgIpc) is 2.38. The van der Waals surface area contributed by atoms with Crippen LogP contribution in [0.15, 0.2) is 24.3 Å². The van der Waals surface area contributed by atoms with Crippen LogP contribution in [0, 0.1) is 5.92 Å². The van der Waals surface area contributed by atoms with Crippen LogP contribution in [0.3, 0.4) is 0 Å². The van der Waals surface area contributed by atoms with Gasteiger partial charge in [-0.1, -0.05) is 45.0 Å². The fourth-order valence-corrected chi connectivity index (χ4v) is 1.75. The van der Waals surface area contributed by atoms with Gasteiger partial charge in [0.15, 0.2) is 0 Å². The maximum absolute atomic E-state index is 11.3. The molecule has 0 fully saturated rings. The Morgan fingerprint density at radius 2 is 1.84 bits per heavy atom. The Labute approximate surface area is 116 Å². The van der Waals surface area contributed by atoms with E-state index in [1.807, 2.05) is 13.8 Å². The standard InChI is InChI=1S/C16H25NO2/c1-4-14-5-7-15(8-6-14)12-17-9-10-19-16(18)11-13(2)3/h5-8,13,17H,4,9-12H2,1-3H3. The minimum Gasteiger partial charge on any atom is -0.464 e. The molecule has 106 valence electrons. The number of esters is 1. The molecule has 1 aromatic rings. The molecule has 0 bridgehead atoms. The van der Waals surface area contributed by atoms with Gasteiger partial charge in [0.25, 0.3) is 0 Å². The fraction of sp³-hybridized carbons (Fsp3) is 0.562. The van der Waals surface area contributed by atoms with Crippen molar-refractivity contribution in [2.24, 2.45) is 5.92 Å². The molecule has 0 saturated carbocycles. The van der Waals surface area contributed by atoms with E-state index in [0.717, 1.165) is 13.0 Å². The van der Waals surface area contributed by atoms with E-state index < -0.39 is 0 Å². The van der Waals surface area contributed by atoms with Crippen molar-refractivity contribution in [2.45, 2.75) is 40.2 Å². The Balaban J connectivity index is 2.11. The molecular weight excluding hydrogens is 238 g/mol. The molecule has 3 heteroatoms. The second kappa shape index (κ2) is 8.70. The second-order valence-corrected chi connectivity index (χ2v) is 5.17.